The molecule has 0 spiro atoms. The lowest BCUT2D eigenvalue weighted by Crippen LogP contribution is -2.17. The summed E-state index contributed by atoms with van der Waals surface area (Å²) < 4.78 is 0. The first-order chi connectivity index (χ1) is 24.5. The van der Waals surface area contributed by atoms with E-state index in [-0.39, 0.29) is 5.41 Å². The smallest absolute Gasteiger partial charge is 0.0546 e. The highest BCUT2D eigenvalue weighted by Crippen LogP contribution is 2.53. The maximum Gasteiger partial charge on any atom is 0.0546 e. The summed E-state index contributed by atoms with van der Waals surface area (Å²) in [6, 6.07) is 65.1. The molecule has 0 aromatic heterocycles. The second-order valence-electron chi connectivity index (χ2n) is 14.2. The monoisotopic (exact) mass is 637 g/mol. The standard InChI is InChI=1S/C49H35N/c1-49(2)45-30-37-17-6-5-16-36(37)29-44(45)42-26-25-39(31-46(42)49)50(38-24-22-32-12-3-4-15-35(32)28-38)47-27-23-34-14-8-10-20-41(34)48(47)43-21-11-18-33-13-7-9-19-40(33)43/h3-31H,1-2H3. The van der Waals surface area contributed by atoms with Crippen molar-refractivity contribution in [3.63, 3.8) is 0 Å². The van der Waals surface area contributed by atoms with E-state index < -0.39 is 0 Å². The summed E-state index contributed by atoms with van der Waals surface area (Å²) in [5.41, 5.74) is 11.2. The molecule has 0 saturated heterocycles. The minimum Gasteiger partial charge on any atom is -0.310 e. The molecule has 9 aromatic carbocycles. The second-order valence-corrected chi connectivity index (χ2v) is 14.2. The van der Waals surface area contributed by atoms with Gasteiger partial charge in [-0.1, -0.05) is 147 Å². The van der Waals surface area contributed by atoms with Crippen molar-refractivity contribution in [1.29, 1.82) is 0 Å². The first-order valence-corrected chi connectivity index (χ1v) is 17.5. The van der Waals surface area contributed by atoms with Crippen molar-refractivity contribution < 1.29 is 0 Å². The van der Waals surface area contributed by atoms with E-state index in [2.05, 4.69) is 195 Å². The highest BCUT2D eigenvalue weighted by molar-refractivity contribution is 6.11. The number of fused-ring (bicyclic) bond motifs is 7. The van der Waals surface area contributed by atoms with Crippen molar-refractivity contribution in [2.45, 2.75) is 19.3 Å². The van der Waals surface area contributed by atoms with Gasteiger partial charge in [0.25, 0.3) is 0 Å². The van der Waals surface area contributed by atoms with Crippen molar-refractivity contribution in [3.05, 3.63) is 187 Å². The molecule has 0 radical (unpaired) electrons. The van der Waals surface area contributed by atoms with Crippen LogP contribution in [0.15, 0.2) is 176 Å². The minimum atomic E-state index is -0.151. The van der Waals surface area contributed by atoms with Gasteiger partial charge in [0.1, 0.15) is 0 Å². The maximum absolute atomic E-state index is 2.49. The first kappa shape index (κ1) is 28.8. The van der Waals surface area contributed by atoms with Gasteiger partial charge < -0.3 is 4.90 Å². The lowest BCUT2D eigenvalue weighted by atomic mass is 9.81. The number of hydrogen-bond donors (Lipinski definition) is 0. The average Bonchev–Trinajstić information content (AvgIpc) is 3.38. The number of nitrogens with zero attached hydrogens (tertiary/aromatic N) is 1. The molecular weight excluding hydrogens is 603 g/mol. The Morgan fingerprint density at radius 1 is 0.360 bits per heavy atom. The topological polar surface area (TPSA) is 3.24 Å². The zero-order chi connectivity index (χ0) is 33.4. The van der Waals surface area contributed by atoms with Crippen LogP contribution < -0.4 is 4.90 Å². The van der Waals surface area contributed by atoms with Crippen LogP contribution in [0, 0.1) is 0 Å². The van der Waals surface area contributed by atoms with Crippen LogP contribution in [-0.4, -0.2) is 0 Å². The van der Waals surface area contributed by atoms with Crippen LogP contribution in [0.3, 0.4) is 0 Å². The average molecular weight is 638 g/mol. The van der Waals surface area contributed by atoms with E-state index >= 15 is 0 Å². The molecule has 10 rings (SSSR count). The van der Waals surface area contributed by atoms with Crippen LogP contribution in [0.25, 0.3) is 65.3 Å². The molecule has 50 heavy (non-hydrogen) atoms. The van der Waals surface area contributed by atoms with Crippen LogP contribution in [0.1, 0.15) is 25.0 Å². The Morgan fingerprint density at radius 2 is 0.900 bits per heavy atom. The molecule has 0 saturated carbocycles. The Balaban J connectivity index is 1.27. The first-order valence-electron chi connectivity index (χ1n) is 17.5. The molecular formula is C49H35N. The molecule has 1 heteroatoms. The van der Waals surface area contributed by atoms with Crippen LogP contribution >= 0.6 is 0 Å². The summed E-state index contributed by atoms with van der Waals surface area (Å²) in [5.74, 6) is 0. The van der Waals surface area contributed by atoms with Crippen LogP contribution in [0.4, 0.5) is 17.1 Å². The summed E-state index contributed by atoms with van der Waals surface area (Å²) in [7, 11) is 0. The molecule has 0 aliphatic heterocycles. The summed E-state index contributed by atoms with van der Waals surface area (Å²) in [6.45, 7) is 4.77. The van der Waals surface area contributed by atoms with E-state index in [1.54, 1.807) is 0 Å². The Hall–Kier alpha value is -6.18. The Kier molecular flexibility index (Phi) is 6.29. The van der Waals surface area contributed by atoms with Gasteiger partial charge in [-0.25, -0.2) is 0 Å². The van der Waals surface area contributed by atoms with Gasteiger partial charge in [-0.3, -0.25) is 0 Å². The van der Waals surface area contributed by atoms with Crippen molar-refractivity contribution in [1.82, 2.24) is 0 Å². The molecule has 1 aliphatic carbocycles. The van der Waals surface area contributed by atoms with Crippen LogP contribution in [0.2, 0.25) is 0 Å². The van der Waals surface area contributed by atoms with Gasteiger partial charge in [0, 0.05) is 22.4 Å². The summed E-state index contributed by atoms with van der Waals surface area (Å²) >= 11 is 0. The van der Waals surface area contributed by atoms with Gasteiger partial charge in [-0.05, 0) is 113 Å². The fraction of sp³-hybridized carbons (Fsp3) is 0.0612. The van der Waals surface area contributed by atoms with Gasteiger partial charge in [-0.15, -0.1) is 0 Å². The predicted molar refractivity (Wildman–Crippen MR) is 214 cm³/mol. The van der Waals surface area contributed by atoms with Gasteiger partial charge in [0.15, 0.2) is 0 Å². The largest absolute Gasteiger partial charge is 0.310 e. The Labute approximate surface area is 292 Å². The molecule has 0 bridgehead atoms. The fourth-order valence-corrected chi connectivity index (χ4v) is 8.46. The molecule has 0 atom stereocenters. The highest BCUT2D eigenvalue weighted by Gasteiger charge is 2.36. The van der Waals surface area contributed by atoms with E-state index in [1.807, 2.05) is 0 Å². The Morgan fingerprint density at radius 3 is 1.68 bits per heavy atom. The van der Waals surface area contributed by atoms with E-state index in [1.165, 1.54) is 76.5 Å². The van der Waals surface area contributed by atoms with Gasteiger partial charge in [-0.2, -0.15) is 0 Å². The molecule has 0 N–H and O–H groups in total. The van der Waals surface area contributed by atoms with E-state index in [4.69, 9.17) is 0 Å². The van der Waals surface area contributed by atoms with Crippen molar-refractivity contribution in [2.75, 3.05) is 4.90 Å². The summed E-state index contributed by atoms with van der Waals surface area (Å²) in [4.78, 5) is 2.49. The maximum atomic E-state index is 2.49. The lowest BCUT2D eigenvalue weighted by molar-refractivity contribution is 0.661. The normalized spacial score (nSPS) is 13.2. The molecule has 1 nitrogen and oxygen atoms in total. The number of hydrogen-bond acceptors (Lipinski definition) is 1. The molecule has 0 fully saturated rings. The number of benzene rings is 9. The second kappa shape index (κ2) is 10.9. The van der Waals surface area contributed by atoms with Gasteiger partial charge in [0.05, 0.1) is 5.69 Å². The third-order valence-electron chi connectivity index (χ3n) is 11.0. The van der Waals surface area contributed by atoms with Crippen LogP contribution in [-0.2, 0) is 5.41 Å². The van der Waals surface area contributed by atoms with Gasteiger partial charge in [0.2, 0.25) is 0 Å². The molecule has 1 aliphatic rings. The molecule has 236 valence electrons. The van der Waals surface area contributed by atoms with Gasteiger partial charge >= 0.3 is 0 Å². The highest BCUT2D eigenvalue weighted by atomic mass is 15.1. The molecule has 0 unspecified atom stereocenters. The van der Waals surface area contributed by atoms with E-state index in [0.29, 0.717) is 0 Å². The molecule has 0 amide bonds. The molecule has 9 aromatic rings. The van der Waals surface area contributed by atoms with E-state index in [9.17, 15) is 0 Å². The van der Waals surface area contributed by atoms with Crippen molar-refractivity contribution >= 4 is 60.2 Å². The third kappa shape index (κ3) is 4.33. The predicted octanol–water partition coefficient (Wildman–Crippen LogP) is 13.7. The summed E-state index contributed by atoms with van der Waals surface area (Å²) in [6.07, 6.45) is 0. The van der Waals surface area contributed by atoms with Crippen molar-refractivity contribution in [3.8, 4) is 22.3 Å². The zero-order valence-corrected chi connectivity index (χ0v) is 28.2. The zero-order valence-electron chi connectivity index (χ0n) is 28.2. The fourth-order valence-electron chi connectivity index (χ4n) is 8.46. The SMILES string of the molecule is CC1(C)c2cc(N(c3ccc4ccccc4c3)c3ccc4ccccc4c3-c3cccc4ccccc34)ccc2-c2cc3ccccc3cc21. The minimum absolute atomic E-state index is 0.151. The third-order valence-corrected chi connectivity index (χ3v) is 11.0. The lowest BCUT2D eigenvalue weighted by Gasteiger charge is -2.31. The Bertz CT molecular complexity index is 2800. The molecule has 0 heterocycles. The van der Waals surface area contributed by atoms with E-state index in [0.717, 1.165) is 17.1 Å². The number of rotatable bonds is 4. The van der Waals surface area contributed by atoms with Crippen LogP contribution in [0.5, 0.6) is 0 Å². The summed E-state index contributed by atoms with van der Waals surface area (Å²) in [5, 5.41) is 10.0. The van der Waals surface area contributed by atoms with Crippen molar-refractivity contribution in [2.24, 2.45) is 0 Å². The number of anilines is 3. The quantitative estimate of drug-likeness (QED) is 0.186.